The number of carbonyl (C=O) groups excluding carboxylic acids is 1. The summed E-state index contributed by atoms with van der Waals surface area (Å²) in [4.78, 5) is 17.9. The lowest BCUT2D eigenvalue weighted by Crippen LogP contribution is -2.07. The molecular weight excluding hydrogens is 156 g/mol. The van der Waals surface area contributed by atoms with E-state index in [0.29, 0.717) is 6.61 Å². The monoisotopic (exact) mass is 168 g/mol. The van der Waals surface area contributed by atoms with Crippen molar-refractivity contribution in [3.63, 3.8) is 0 Å². The van der Waals surface area contributed by atoms with Gasteiger partial charge >= 0.3 is 5.97 Å². The van der Waals surface area contributed by atoms with E-state index in [1.54, 1.807) is 13.1 Å². The van der Waals surface area contributed by atoms with Gasteiger partial charge in [-0.1, -0.05) is 0 Å². The van der Waals surface area contributed by atoms with Gasteiger partial charge in [0.1, 0.15) is 5.82 Å². The van der Waals surface area contributed by atoms with Gasteiger partial charge in [0.25, 0.3) is 0 Å². The number of hydrogen-bond acceptors (Lipinski definition) is 3. The number of hydrogen-bond donors (Lipinski definition) is 1. The van der Waals surface area contributed by atoms with Crippen LogP contribution in [0, 0.1) is 6.92 Å². The quantitative estimate of drug-likeness (QED) is 0.680. The summed E-state index contributed by atoms with van der Waals surface area (Å²) in [6.07, 6.45) is 1.92. The van der Waals surface area contributed by atoms with E-state index in [2.05, 4.69) is 9.97 Å². The molecule has 12 heavy (non-hydrogen) atoms. The molecule has 4 heteroatoms. The third-order valence-corrected chi connectivity index (χ3v) is 1.40. The van der Waals surface area contributed by atoms with Gasteiger partial charge in [-0.3, -0.25) is 4.79 Å². The summed E-state index contributed by atoms with van der Waals surface area (Å²) < 4.78 is 4.77. The van der Waals surface area contributed by atoms with Crippen molar-refractivity contribution in [2.24, 2.45) is 0 Å². The molecule has 1 rings (SSSR count). The van der Waals surface area contributed by atoms with E-state index in [1.807, 2.05) is 6.92 Å². The normalized spacial score (nSPS) is 9.83. The molecule has 0 aliphatic carbocycles. The zero-order valence-corrected chi connectivity index (χ0v) is 7.26. The molecule has 0 saturated carbocycles. The van der Waals surface area contributed by atoms with Crippen LogP contribution in [0.15, 0.2) is 6.20 Å². The van der Waals surface area contributed by atoms with E-state index in [0.717, 1.165) is 11.5 Å². The first-order valence-corrected chi connectivity index (χ1v) is 3.88. The zero-order valence-electron chi connectivity index (χ0n) is 7.26. The van der Waals surface area contributed by atoms with Crippen LogP contribution in [0.3, 0.4) is 0 Å². The molecule has 1 heterocycles. The van der Waals surface area contributed by atoms with Gasteiger partial charge in [0.15, 0.2) is 0 Å². The highest BCUT2D eigenvalue weighted by atomic mass is 16.5. The molecule has 4 nitrogen and oxygen atoms in total. The summed E-state index contributed by atoms with van der Waals surface area (Å²) in [6, 6.07) is 0. The second-order valence-corrected chi connectivity index (χ2v) is 2.48. The van der Waals surface area contributed by atoms with Gasteiger partial charge in [-0.15, -0.1) is 0 Å². The van der Waals surface area contributed by atoms with Crippen LogP contribution in [0.5, 0.6) is 0 Å². The van der Waals surface area contributed by atoms with Gasteiger partial charge in [-0.25, -0.2) is 4.98 Å². The van der Waals surface area contributed by atoms with Gasteiger partial charge in [-0.2, -0.15) is 0 Å². The summed E-state index contributed by atoms with van der Waals surface area (Å²) in [7, 11) is 0. The molecule has 0 saturated heterocycles. The molecule has 0 fully saturated rings. The van der Waals surface area contributed by atoms with Crippen molar-refractivity contribution in [1.29, 1.82) is 0 Å². The molecule has 1 aromatic rings. The first kappa shape index (κ1) is 8.77. The lowest BCUT2D eigenvalue weighted by Gasteiger charge is -1.98. The van der Waals surface area contributed by atoms with Crippen LogP contribution >= 0.6 is 0 Å². The van der Waals surface area contributed by atoms with Crippen molar-refractivity contribution in [3.8, 4) is 0 Å². The summed E-state index contributed by atoms with van der Waals surface area (Å²) >= 11 is 0. The van der Waals surface area contributed by atoms with Crippen molar-refractivity contribution in [1.82, 2.24) is 9.97 Å². The molecular formula is C8H12N2O2. The van der Waals surface area contributed by atoms with Crippen molar-refractivity contribution >= 4 is 5.97 Å². The second-order valence-electron chi connectivity index (χ2n) is 2.48. The molecule has 0 aliphatic heterocycles. The van der Waals surface area contributed by atoms with Gasteiger partial charge in [0, 0.05) is 11.9 Å². The fourth-order valence-corrected chi connectivity index (χ4v) is 0.929. The third kappa shape index (κ3) is 2.38. The van der Waals surface area contributed by atoms with Gasteiger partial charge in [0.2, 0.25) is 0 Å². The SMILES string of the molecule is CCOC(=O)Cc1cnc(C)[nH]1. The van der Waals surface area contributed by atoms with Crippen LogP contribution in [0.25, 0.3) is 0 Å². The van der Waals surface area contributed by atoms with E-state index < -0.39 is 0 Å². The molecule has 0 atom stereocenters. The minimum Gasteiger partial charge on any atom is -0.466 e. The maximum Gasteiger partial charge on any atom is 0.311 e. The molecule has 0 aliphatic rings. The van der Waals surface area contributed by atoms with E-state index in [9.17, 15) is 4.79 Å². The average molecular weight is 168 g/mol. The molecule has 0 bridgehead atoms. The van der Waals surface area contributed by atoms with Gasteiger partial charge < -0.3 is 9.72 Å². The van der Waals surface area contributed by atoms with Gasteiger partial charge in [0.05, 0.1) is 13.0 Å². The number of imidazole rings is 1. The van der Waals surface area contributed by atoms with Crippen LogP contribution in [-0.4, -0.2) is 22.5 Å². The number of carbonyl (C=O) groups is 1. The third-order valence-electron chi connectivity index (χ3n) is 1.40. The Balaban J connectivity index is 2.46. The number of esters is 1. The Kier molecular flexibility index (Phi) is 2.85. The molecule has 0 aromatic carbocycles. The van der Waals surface area contributed by atoms with Crippen LogP contribution < -0.4 is 0 Å². The van der Waals surface area contributed by atoms with E-state index in [1.165, 1.54) is 0 Å². The average Bonchev–Trinajstić information content (AvgIpc) is 2.36. The molecule has 0 amide bonds. The van der Waals surface area contributed by atoms with Gasteiger partial charge in [-0.05, 0) is 13.8 Å². The number of aromatic nitrogens is 2. The zero-order chi connectivity index (χ0) is 8.97. The molecule has 1 N–H and O–H groups in total. The first-order valence-electron chi connectivity index (χ1n) is 3.88. The predicted octanol–water partition coefficient (Wildman–Crippen LogP) is 0.824. The highest BCUT2D eigenvalue weighted by Gasteiger charge is 2.04. The van der Waals surface area contributed by atoms with Crippen LogP contribution in [0.1, 0.15) is 18.4 Å². The van der Waals surface area contributed by atoms with E-state index in [-0.39, 0.29) is 12.4 Å². The number of nitrogens with one attached hydrogen (secondary N) is 1. The summed E-state index contributed by atoms with van der Waals surface area (Å²) in [5.41, 5.74) is 0.797. The summed E-state index contributed by atoms with van der Waals surface area (Å²) in [6.45, 7) is 4.05. The minimum atomic E-state index is -0.221. The first-order chi connectivity index (χ1) is 5.72. The molecule has 0 spiro atoms. The molecule has 66 valence electrons. The molecule has 0 radical (unpaired) electrons. The Hall–Kier alpha value is -1.32. The van der Waals surface area contributed by atoms with Crippen molar-refractivity contribution in [2.75, 3.05) is 6.61 Å². The number of ether oxygens (including phenoxy) is 1. The maximum absolute atomic E-state index is 11.0. The lowest BCUT2D eigenvalue weighted by molar-refractivity contribution is -0.142. The highest BCUT2D eigenvalue weighted by Crippen LogP contribution is 1.97. The van der Waals surface area contributed by atoms with E-state index >= 15 is 0 Å². The van der Waals surface area contributed by atoms with Crippen LogP contribution in [0.2, 0.25) is 0 Å². The maximum atomic E-state index is 11.0. The fourth-order valence-electron chi connectivity index (χ4n) is 0.929. The highest BCUT2D eigenvalue weighted by molar-refractivity contribution is 5.71. The number of aryl methyl sites for hydroxylation is 1. The minimum absolute atomic E-state index is 0.221. The van der Waals surface area contributed by atoms with Crippen molar-refractivity contribution in [3.05, 3.63) is 17.7 Å². The molecule has 0 unspecified atom stereocenters. The Morgan fingerprint density at radius 2 is 2.50 bits per heavy atom. The fraction of sp³-hybridized carbons (Fsp3) is 0.500. The topological polar surface area (TPSA) is 55.0 Å². The summed E-state index contributed by atoms with van der Waals surface area (Å²) in [5, 5.41) is 0. The Labute approximate surface area is 71.0 Å². The van der Waals surface area contributed by atoms with Crippen LogP contribution in [-0.2, 0) is 16.0 Å². The smallest absolute Gasteiger partial charge is 0.311 e. The second kappa shape index (κ2) is 3.90. The summed E-state index contributed by atoms with van der Waals surface area (Å²) in [5.74, 6) is 0.593. The Bertz CT molecular complexity index is 268. The van der Waals surface area contributed by atoms with Crippen molar-refractivity contribution in [2.45, 2.75) is 20.3 Å². The number of nitrogens with zero attached hydrogens (tertiary/aromatic N) is 1. The largest absolute Gasteiger partial charge is 0.466 e. The number of rotatable bonds is 3. The Morgan fingerprint density at radius 3 is 3.00 bits per heavy atom. The Morgan fingerprint density at radius 1 is 1.75 bits per heavy atom. The number of aromatic amines is 1. The standard InChI is InChI=1S/C8H12N2O2/c1-3-12-8(11)4-7-5-9-6(2)10-7/h5H,3-4H2,1-2H3,(H,9,10). The van der Waals surface area contributed by atoms with Crippen molar-refractivity contribution < 1.29 is 9.53 Å². The predicted molar refractivity (Wildman–Crippen MR) is 43.7 cm³/mol. The lowest BCUT2D eigenvalue weighted by atomic mass is 10.3. The number of H-pyrrole nitrogens is 1. The molecule has 1 aromatic heterocycles. The van der Waals surface area contributed by atoms with E-state index in [4.69, 9.17) is 4.74 Å². The van der Waals surface area contributed by atoms with Crippen LogP contribution in [0.4, 0.5) is 0 Å².